The Bertz CT molecular complexity index is 1510. The SMILES string of the molecule is O=C(CSc1nnc2c(n1)-c1cccc3cccc-2c13)Nc1ccccc1-c1ccccc1. The topological polar surface area (TPSA) is 67.8 Å². The van der Waals surface area contributed by atoms with Crippen LogP contribution in [0.25, 0.3) is 44.4 Å². The molecule has 0 aliphatic heterocycles. The van der Waals surface area contributed by atoms with Gasteiger partial charge in [-0.05, 0) is 17.0 Å². The van der Waals surface area contributed by atoms with E-state index in [1.165, 1.54) is 11.8 Å². The van der Waals surface area contributed by atoms with E-state index in [2.05, 4.69) is 39.8 Å². The molecule has 0 atom stereocenters. The van der Waals surface area contributed by atoms with Crippen molar-refractivity contribution >= 4 is 34.1 Å². The van der Waals surface area contributed by atoms with E-state index in [0.717, 1.165) is 50.1 Å². The van der Waals surface area contributed by atoms with Gasteiger partial charge in [-0.2, -0.15) is 0 Å². The predicted octanol–water partition coefficient (Wildman–Crippen LogP) is 6.07. The highest BCUT2D eigenvalue weighted by atomic mass is 32.2. The van der Waals surface area contributed by atoms with Gasteiger partial charge in [-0.3, -0.25) is 4.79 Å². The number of thioether (sulfide) groups is 1. The molecule has 1 heterocycles. The molecule has 0 bridgehead atoms. The Morgan fingerprint density at radius 1 is 0.727 bits per heavy atom. The van der Waals surface area contributed by atoms with Gasteiger partial charge in [0, 0.05) is 27.8 Å². The maximum Gasteiger partial charge on any atom is 0.234 e. The highest BCUT2D eigenvalue weighted by Crippen LogP contribution is 2.44. The molecule has 0 unspecified atom stereocenters. The smallest absolute Gasteiger partial charge is 0.234 e. The normalized spacial score (nSPS) is 11.4. The van der Waals surface area contributed by atoms with E-state index in [1.807, 2.05) is 66.7 Å². The molecule has 0 saturated heterocycles. The second-order valence-electron chi connectivity index (χ2n) is 7.75. The van der Waals surface area contributed by atoms with E-state index in [9.17, 15) is 4.79 Å². The number of hydrogen-bond acceptors (Lipinski definition) is 5. The highest BCUT2D eigenvalue weighted by Gasteiger charge is 2.25. The minimum Gasteiger partial charge on any atom is -0.325 e. The molecule has 4 aromatic carbocycles. The number of amides is 1. The van der Waals surface area contributed by atoms with Gasteiger partial charge < -0.3 is 5.32 Å². The van der Waals surface area contributed by atoms with Crippen LogP contribution < -0.4 is 5.32 Å². The molecule has 6 heteroatoms. The van der Waals surface area contributed by atoms with Crippen molar-refractivity contribution in [3.8, 4) is 33.6 Å². The van der Waals surface area contributed by atoms with Gasteiger partial charge in [-0.15, -0.1) is 10.2 Å². The first-order valence-electron chi connectivity index (χ1n) is 10.6. The second kappa shape index (κ2) is 8.15. The van der Waals surface area contributed by atoms with Crippen molar-refractivity contribution in [2.24, 2.45) is 0 Å². The maximum absolute atomic E-state index is 12.7. The minimum absolute atomic E-state index is 0.113. The van der Waals surface area contributed by atoms with Crippen LogP contribution >= 0.6 is 11.8 Å². The second-order valence-corrected chi connectivity index (χ2v) is 8.69. The van der Waals surface area contributed by atoms with Gasteiger partial charge >= 0.3 is 0 Å². The lowest BCUT2D eigenvalue weighted by atomic mass is 10.0. The lowest BCUT2D eigenvalue weighted by Gasteiger charge is -2.11. The summed E-state index contributed by atoms with van der Waals surface area (Å²) in [5.41, 5.74) is 6.57. The van der Waals surface area contributed by atoms with Crippen molar-refractivity contribution in [1.29, 1.82) is 0 Å². The van der Waals surface area contributed by atoms with Crippen LogP contribution in [0.1, 0.15) is 0 Å². The van der Waals surface area contributed by atoms with E-state index in [0.29, 0.717) is 5.16 Å². The fraction of sp³-hybridized carbons (Fsp3) is 0.0370. The zero-order chi connectivity index (χ0) is 22.2. The Labute approximate surface area is 194 Å². The van der Waals surface area contributed by atoms with Gasteiger partial charge in [-0.1, -0.05) is 96.7 Å². The summed E-state index contributed by atoms with van der Waals surface area (Å²) in [4.78, 5) is 17.5. The molecule has 0 fully saturated rings. The van der Waals surface area contributed by atoms with Crippen LogP contribution in [0.15, 0.2) is 96.2 Å². The molecule has 5 aromatic rings. The molecule has 0 saturated carbocycles. The third-order valence-corrected chi connectivity index (χ3v) is 6.54. The molecule has 1 amide bonds. The summed E-state index contributed by atoms with van der Waals surface area (Å²) in [5.74, 6) is 0.0821. The number of aromatic nitrogens is 3. The molecular formula is C27H18N4OS. The first-order valence-corrected chi connectivity index (χ1v) is 11.6. The van der Waals surface area contributed by atoms with Crippen LogP contribution in [0.2, 0.25) is 0 Å². The Morgan fingerprint density at radius 2 is 1.42 bits per heavy atom. The van der Waals surface area contributed by atoms with Gasteiger partial charge in [-0.25, -0.2) is 4.98 Å². The Hall–Kier alpha value is -4.03. The third-order valence-electron chi connectivity index (χ3n) is 5.70. The quantitative estimate of drug-likeness (QED) is 0.326. The zero-order valence-electron chi connectivity index (χ0n) is 17.5. The van der Waals surface area contributed by atoms with E-state index in [-0.39, 0.29) is 11.7 Å². The molecule has 5 nitrogen and oxygen atoms in total. The summed E-state index contributed by atoms with van der Waals surface area (Å²) in [6, 6.07) is 30.2. The molecule has 158 valence electrons. The number of para-hydroxylation sites is 1. The summed E-state index contributed by atoms with van der Waals surface area (Å²) in [6.07, 6.45) is 0. The number of nitrogens with zero attached hydrogens (tertiary/aromatic N) is 3. The zero-order valence-corrected chi connectivity index (χ0v) is 18.3. The van der Waals surface area contributed by atoms with Crippen LogP contribution in [0.5, 0.6) is 0 Å². The number of hydrogen-bond donors (Lipinski definition) is 1. The molecule has 1 aromatic heterocycles. The lowest BCUT2D eigenvalue weighted by Crippen LogP contribution is -2.15. The first-order chi connectivity index (χ1) is 16.3. The van der Waals surface area contributed by atoms with Crippen molar-refractivity contribution in [2.45, 2.75) is 5.16 Å². The van der Waals surface area contributed by atoms with Crippen molar-refractivity contribution in [3.05, 3.63) is 91.0 Å². The average Bonchev–Trinajstić information content (AvgIpc) is 3.19. The third kappa shape index (κ3) is 3.54. The van der Waals surface area contributed by atoms with Gasteiger partial charge in [0.25, 0.3) is 0 Å². The maximum atomic E-state index is 12.7. The number of benzene rings is 4. The van der Waals surface area contributed by atoms with Crippen molar-refractivity contribution in [2.75, 3.05) is 11.1 Å². The fourth-order valence-corrected chi connectivity index (χ4v) is 4.84. The summed E-state index contributed by atoms with van der Waals surface area (Å²) < 4.78 is 0. The number of nitrogens with one attached hydrogen (secondary N) is 1. The largest absolute Gasteiger partial charge is 0.325 e. The molecule has 6 rings (SSSR count). The summed E-state index contributed by atoms with van der Waals surface area (Å²) in [7, 11) is 0. The Balaban J connectivity index is 1.21. The summed E-state index contributed by atoms with van der Waals surface area (Å²) >= 11 is 1.29. The number of rotatable bonds is 5. The number of carbonyl (C=O) groups is 1. The van der Waals surface area contributed by atoms with Crippen molar-refractivity contribution in [1.82, 2.24) is 15.2 Å². The molecular weight excluding hydrogens is 428 g/mol. The lowest BCUT2D eigenvalue weighted by molar-refractivity contribution is -0.113. The predicted molar refractivity (Wildman–Crippen MR) is 133 cm³/mol. The molecule has 33 heavy (non-hydrogen) atoms. The minimum atomic E-state index is -0.113. The van der Waals surface area contributed by atoms with Crippen LogP contribution in [0.3, 0.4) is 0 Å². The van der Waals surface area contributed by atoms with Gasteiger partial charge in [0.1, 0.15) is 11.4 Å². The van der Waals surface area contributed by atoms with Crippen LogP contribution in [0, 0.1) is 0 Å². The summed E-state index contributed by atoms with van der Waals surface area (Å²) in [5, 5.41) is 14.6. The number of fused-ring (bicyclic) bond motifs is 3. The monoisotopic (exact) mass is 446 g/mol. The van der Waals surface area contributed by atoms with Gasteiger partial charge in [0.2, 0.25) is 11.1 Å². The van der Waals surface area contributed by atoms with Crippen molar-refractivity contribution < 1.29 is 4.79 Å². The number of anilines is 1. The van der Waals surface area contributed by atoms with Crippen molar-refractivity contribution in [3.63, 3.8) is 0 Å². The van der Waals surface area contributed by atoms with E-state index < -0.39 is 0 Å². The molecule has 1 N–H and O–H groups in total. The fourth-order valence-electron chi connectivity index (χ4n) is 4.26. The standard InChI is InChI=1S/C27H18N4OS/c32-23(28-22-15-5-4-12-19(22)17-8-2-1-3-9-17)16-33-27-29-25-20-13-6-10-18-11-7-14-21(24(18)20)26(25)30-31-27/h1-15H,16H2,(H,28,32). The molecule has 0 spiro atoms. The van der Waals surface area contributed by atoms with Crippen LogP contribution in [-0.2, 0) is 4.79 Å². The first kappa shape index (κ1) is 19.6. The molecule has 1 aliphatic carbocycles. The van der Waals surface area contributed by atoms with E-state index >= 15 is 0 Å². The molecule has 0 radical (unpaired) electrons. The average molecular weight is 447 g/mol. The Kier molecular flexibility index (Phi) is 4.85. The molecule has 1 aliphatic rings. The van der Waals surface area contributed by atoms with E-state index in [4.69, 9.17) is 4.98 Å². The highest BCUT2D eigenvalue weighted by molar-refractivity contribution is 7.99. The number of carbonyl (C=O) groups excluding carboxylic acids is 1. The van der Waals surface area contributed by atoms with Gasteiger partial charge in [0.05, 0.1) is 5.75 Å². The Morgan fingerprint density at radius 3 is 2.24 bits per heavy atom. The van der Waals surface area contributed by atoms with Crippen LogP contribution in [0.4, 0.5) is 5.69 Å². The van der Waals surface area contributed by atoms with Gasteiger partial charge in [0.15, 0.2) is 0 Å². The van der Waals surface area contributed by atoms with E-state index in [1.54, 1.807) is 0 Å². The summed E-state index contributed by atoms with van der Waals surface area (Å²) in [6.45, 7) is 0. The van der Waals surface area contributed by atoms with Crippen LogP contribution in [-0.4, -0.2) is 26.8 Å².